The van der Waals surface area contributed by atoms with Crippen LogP contribution in [0.1, 0.15) is 65.1 Å². The molecule has 0 aromatic carbocycles. The summed E-state index contributed by atoms with van der Waals surface area (Å²) < 4.78 is 0. The van der Waals surface area contributed by atoms with E-state index < -0.39 is 0 Å². The van der Waals surface area contributed by atoms with Crippen LogP contribution in [0, 0.1) is 0 Å². The van der Waals surface area contributed by atoms with Crippen LogP contribution in [0.4, 0.5) is 5.69 Å². The summed E-state index contributed by atoms with van der Waals surface area (Å²) in [6, 6.07) is 5.26. The third-order valence-corrected chi connectivity index (χ3v) is 3.84. The molecule has 0 aliphatic rings. The van der Waals surface area contributed by atoms with Gasteiger partial charge in [0.05, 0.1) is 17.6 Å². The minimum absolute atomic E-state index is 0.358. The van der Waals surface area contributed by atoms with Gasteiger partial charge in [-0.3, -0.25) is 4.98 Å². The van der Waals surface area contributed by atoms with Gasteiger partial charge in [-0.1, -0.05) is 26.7 Å². The first-order chi connectivity index (χ1) is 9.63. The smallest absolute Gasteiger partial charge is 0.0574 e. The minimum atomic E-state index is 0.358. The van der Waals surface area contributed by atoms with Crippen molar-refractivity contribution in [2.75, 3.05) is 18.5 Å². The zero-order valence-electron chi connectivity index (χ0n) is 13.8. The molecule has 0 saturated heterocycles. The van der Waals surface area contributed by atoms with E-state index in [0.717, 1.165) is 18.7 Å². The van der Waals surface area contributed by atoms with Gasteiger partial charge in [-0.15, -0.1) is 0 Å². The second kappa shape index (κ2) is 8.96. The number of hydrogen-bond donors (Lipinski definition) is 1. The molecule has 0 aliphatic heterocycles. The first kappa shape index (κ1) is 17.0. The van der Waals surface area contributed by atoms with Gasteiger partial charge in [0.1, 0.15) is 0 Å². The molecule has 0 radical (unpaired) electrons. The third kappa shape index (κ3) is 4.78. The summed E-state index contributed by atoms with van der Waals surface area (Å²) in [6.45, 7) is 10.1. The van der Waals surface area contributed by atoms with E-state index in [0.29, 0.717) is 12.1 Å². The van der Waals surface area contributed by atoms with Crippen LogP contribution in [-0.4, -0.2) is 24.6 Å². The van der Waals surface area contributed by atoms with Crippen molar-refractivity contribution in [2.24, 2.45) is 0 Å². The molecule has 1 unspecified atom stereocenters. The molecule has 20 heavy (non-hydrogen) atoms. The largest absolute Gasteiger partial charge is 0.368 e. The molecule has 1 rings (SSSR count). The Kier molecular flexibility index (Phi) is 7.60. The molecule has 1 N–H and O–H groups in total. The number of anilines is 1. The summed E-state index contributed by atoms with van der Waals surface area (Å²) >= 11 is 0. The summed E-state index contributed by atoms with van der Waals surface area (Å²) in [4.78, 5) is 7.10. The third-order valence-electron chi connectivity index (χ3n) is 3.84. The highest BCUT2D eigenvalue weighted by Crippen LogP contribution is 2.20. The predicted octanol–water partition coefficient (Wildman–Crippen LogP) is 4.16. The lowest BCUT2D eigenvalue weighted by atomic mass is 10.1. The molecule has 1 aromatic heterocycles. The molecule has 1 aromatic rings. The molecule has 0 bridgehead atoms. The first-order valence-electron chi connectivity index (χ1n) is 8.03. The van der Waals surface area contributed by atoms with E-state index in [9.17, 15) is 0 Å². The SMILES string of the molecule is CCCCCN(c1ccc(C(CC)NC)nc1)C(C)C. The van der Waals surface area contributed by atoms with Crippen molar-refractivity contribution in [3.05, 3.63) is 24.0 Å². The monoisotopic (exact) mass is 277 g/mol. The number of nitrogens with one attached hydrogen (secondary N) is 1. The van der Waals surface area contributed by atoms with Crippen LogP contribution < -0.4 is 10.2 Å². The van der Waals surface area contributed by atoms with Crippen LogP contribution in [0.5, 0.6) is 0 Å². The fourth-order valence-electron chi connectivity index (χ4n) is 2.55. The Hall–Kier alpha value is -1.09. The number of nitrogens with zero attached hydrogens (tertiary/aromatic N) is 2. The second-order valence-electron chi connectivity index (χ2n) is 5.69. The van der Waals surface area contributed by atoms with Gasteiger partial charge in [0.15, 0.2) is 0 Å². The molecular weight excluding hydrogens is 246 g/mol. The predicted molar refractivity (Wildman–Crippen MR) is 88.3 cm³/mol. The Bertz CT molecular complexity index is 355. The molecular formula is C17H31N3. The highest BCUT2D eigenvalue weighted by Gasteiger charge is 2.12. The van der Waals surface area contributed by atoms with Gasteiger partial charge in [-0.25, -0.2) is 0 Å². The molecule has 0 saturated carbocycles. The van der Waals surface area contributed by atoms with E-state index in [4.69, 9.17) is 0 Å². The zero-order chi connectivity index (χ0) is 15.0. The molecule has 1 atom stereocenters. The molecule has 0 aliphatic carbocycles. The number of unbranched alkanes of at least 4 members (excludes halogenated alkanes) is 2. The lowest BCUT2D eigenvalue weighted by Gasteiger charge is -2.29. The normalized spacial score (nSPS) is 12.7. The quantitative estimate of drug-likeness (QED) is 0.687. The summed E-state index contributed by atoms with van der Waals surface area (Å²) in [6.07, 6.45) is 6.91. The zero-order valence-corrected chi connectivity index (χ0v) is 13.8. The maximum atomic E-state index is 4.65. The molecule has 0 fully saturated rings. The van der Waals surface area contributed by atoms with Crippen molar-refractivity contribution in [2.45, 2.75) is 65.5 Å². The van der Waals surface area contributed by atoms with Gasteiger partial charge >= 0.3 is 0 Å². The van der Waals surface area contributed by atoms with Crippen LogP contribution in [-0.2, 0) is 0 Å². The molecule has 3 heteroatoms. The van der Waals surface area contributed by atoms with Gasteiger partial charge in [-0.05, 0) is 45.9 Å². The van der Waals surface area contributed by atoms with Gasteiger partial charge in [0.25, 0.3) is 0 Å². The Balaban J connectivity index is 2.77. The second-order valence-corrected chi connectivity index (χ2v) is 5.69. The molecule has 114 valence electrons. The Morgan fingerprint density at radius 3 is 2.40 bits per heavy atom. The highest BCUT2D eigenvalue weighted by atomic mass is 15.2. The van der Waals surface area contributed by atoms with Gasteiger partial charge in [0.2, 0.25) is 0 Å². The van der Waals surface area contributed by atoms with Gasteiger partial charge < -0.3 is 10.2 Å². The van der Waals surface area contributed by atoms with E-state index in [1.165, 1.54) is 24.9 Å². The van der Waals surface area contributed by atoms with Gasteiger partial charge in [-0.2, -0.15) is 0 Å². The molecule has 1 heterocycles. The lowest BCUT2D eigenvalue weighted by molar-refractivity contribution is 0.561. The van der Waals surface area contributed by atoms with E-state index in [1.54, 1.807) is 0 Å². The van der Waals surface area contributed by atoms with Gasteiger partial charge in [0, 0.05) is 18.6 Å². The maximum absolute atomic E-state index is 4.65. The van der Waals surface area contributed by atoms with Crippen molar-refractivity contribution in [3.63, 3.8) is 0 Å². The van der Waals surface area contributed by atoms with Crippen LogP contribution >= 0.6 is 0 Å². The standard InChI is InChI=1S/C17H31N3/c1-6-8-9-12-20(14(3)4)15-10-11-17(19-13-15)16(7-2)18-5/h10-11,13-14,16,18H,6-9,12H2,1-5H3. The summed E-state index contributed by atoms with van der Waals surface area (Å²) in [5.41, 5.74) is 2.38. The Labute approximate surface area is 124 Å². The fourth-order valence-corrected chi connectivity index (χ4v) is 2.55. The lowest BCUT2D eigenvalue weighted by Crippen LogP contribution is -2.32. The number of aromatic nitrogens is 1. The topological polar surface area (TPSA) is 28.2 Å². The Morgan fingerprint density at radius 2 is 1.95 bits per heavy atom. The van der Waals surface area contributed by atoms with Crippen molar-refractivity contribution in [3.8, 4) is 0 Å². The molecule has 3 nitrogen and oxygen atoms in total. The summed E-state index contributed by atoms with van der Waals surface area (Å²) in [7, 11) is 1.99. The van der Waals surface area contributed by atoms with Crippen molar-refractivity contribution in [1.29, 1.82) is 0 Å². The van der Waals surface area contributed by atoms with E-state index >= 15 is 0 Å². The molecule has 0 spiro atoms. The van der Waals surface area contributed by atoms with Crippen LogP contribution in [0.25, 0.3) is 0 Å². The van der Waals surface area contributed by atoms with E-state index in [1.807, 2.05) is 13.2 Å². The maximum Gasteiger partial charge on any atom is 0.0574 e. The number of rotatable bonds is 9. The number of hydrogen-bond acceptors (Lipinski definition) is 3. The van der Waals surface area contributed by atoms with Crippen molar-refractivity contribution in [1.82, 2.24) is 10.3 Å². The average molecular weight is 277 g/mol. The minimum Gasteiger partial charge on any atom is -0.368 e. The van der Waals surface area contributed by atoms with Crippen LogP contribution in [0.15, 0.2) is 18.3 Å². The van der Waals surface area contributed by atoms with Crippen molar-refractivity contribution >= 4 is 5.69 Å². The first-order valence-corrected chi connectivity index (χ1v) is 8.03. The average Bonchev–Trinajstić information content (AvgIpc) is 2.45. The fraction of sp³-hybridized carbons (Fsp3) is 0.706. The van der Waals surface area contributed by atoms with Crippen LogP contribution in [0.2, 0.25) is 0 Å². The van der Waals surface area contributed by atoms with E-state index in [2.05, 4.69) is 55.0 Å². The van der Waals surface area contributed by atoms with E-state index in [-0.39, 0.29) is 0 Å². The van der Waals surface area contributed by atoms with Crippen LogP contribution in [0.3, 0.4) is 0 Å². The number of pyridine rings is 1. The Morgan fingerprint density at radius 1 is 1.20 bits per heavy atom. The summed E-state index contributed by atoms with van der Waals surface area (Å²) in [5.74, 6) is 0. The highest BCUT2D eigenvalue weighted by molar-refractivity contribution is 5.45. The molecule has 0 amide bonds. The van der Waals surface area contributed by atoms with Crippen molar-refractivity contribution < 1.29 is 0 Å². The summed E-state index contributed by atoms with van der Waals surface area (Å²) in [5, 5.41) is 3.31.